The van der Waals surface area contributed by atoms with Crippen molar-refractivity contribution in [3.63, 3.8) is 0 Å². The molecule has 8 nitrogen and oxygen atoms in total. The van der Waals surface area contributed by atoms with Gasteiger partial charge in [-0.25, -0.2) is 4.68 Å². The summed E-state index contributed by atoms with van der Waals surface area (Å²) in [4.78, 5) is 17.7. The van der Waals surface area contributed by atoms with Gasteiger partial charge in [0.1, 0.15) is 5.75 Å². The number of thiophene rings is 1. The zero-order valence-corrected chi connectivity index (χ0v) is 18.9. The number of rotatable bonds is 7. The molecule has 0 bridgehead atoms. The molecule has 33 heavy (non-hydrogen) atoms. The third-order valence-electron chi connectivity index (χ3n) is 4.88. The van der Waals surface area contributed by atoms with Gasteiger partial charge < -0.3 is 14.5 Å². The fourth-order valence-corrected chi connectivity index (χ4v) is 4.14. The Morgan fingerprint density at radius 1 is 1.15 bits per heavy atom. The number of hydrogen-bond acceptors (Lipinski definition) is 8. The Labute approximate surface area is 196 Å². The highest BCUT2D eigenvalue weighted by Crippen LogP contribution is 2.24. The first kappa shape index (κ1) is 23.4. The van der Waals surface area contributed by atoms with Crippen LogP contribution in [0.15, 0.2) is 46.2 Å². The number of benzene rings is 1. The number of ether oxygens (including phenoxy) is 1. The fourth-order valence-electron chi connectivity index (χ4n) is 3.32. The van der Waals surface area contributed by atoms with Gasteiger partial charge in [0.25, 0.3) is 10.7 Å². The maximum absolute atomic E-state index is 12.3. The van der Waals surface area contributed by atoms with Crippen molar-refractivity contribution in [3.05, 3.63) is 46.6 Å². The molecule has 0 unspecified atom stereocenters. The van der Waals surface area contributed by atoms with Gasteiger partial charge in [-0.05, 0) is 47.9 Å². The number of anilines is 1. The smallest absolute Gasteiger partial charge is 0.408 e. The van der Waals surface area contributed by atoms with E-state index in [0.717, 1.165) is 30.1 Å². The molecule has 0 spiro atoms. The molecule has 0 atom stereocenters. The first-order chi connectivity index (χ1) is 15.7. The number of aromatic nitrogens is 2. The Kier molecular flexibility index (Phi) is 7.12. The predicted octanol–water partition coefficient (Wildman–Crippen LogP) is 4.05. The highest BCUT2D eigenvalue weighted by atomic mass is 32.1. The van der Waals surface area contributed by atoms with E-state index in [4.69, 9.17) is 16.6 Å². The van der Waals surface area contributed by atoms with E-state index < -0.39 is 6.36 Å². The van der Waals surface area contributed by atoms with Gasteiger partial charge in [-0.1, -0.05) is 6.07 Å². The lowest BCUT2D eigenvalue weighted by atomic mass is 10.3. The summed E-state index contributed by atoms with van der Waals surface area (Å²) in [5.74, 6) is -0.0816. The SMILES string of the molecule is O=C(CN1CCN(Cn2nc(-c3cccs3)oc2=S)CC1)Nc1ccc(OC(F)(F)F)cc1. The highest BCUT2D eigenvalue weighted by molar-refractivity contribution is 7.71. The van der Waals surface area contributed by atoms with Gasteiger partial charge in [-0.2, -0.15) is 0 Å². The summed E-state index contributed by atoms with van der Waals surface area (Å²) < 4.78 is 47.7. The molecule has 2 aromatic heterocycles. The molecule has 1 N–H and O–H groups in total. The van der Waals surface area contributed by atoms with E-state index in [9.17, 15) is 18.0 Å². The number of hydrogen-bond donors (Lipinski definition) is 1. The summed E-state index contributed by atoms with van der Waals surface area (Å²) in [5, 5.41) is 9.08. The lowest BCUT2D eigenvalue weighted by molar-refractivity contribution is -0.274. The Morgan fingerprint density at radius 2 is 1.85 bits per heavy atom. The fraction of sp³-hybridized carbons (Fsp3) is 0.350. The Bertz CT molecular complexity index is 1120. The van der Waals surface area contributed by atoms with E-state index in [1.807, 2.05) is 22.4 Å². The van der Waals surface area contributed by atoms with Gasteiger partial charge in [0.2, 0.25) is 5.91 Å². The minimum Gasteiger partial charge on any atom is -0.408 e. The lowest BCUT2D eigenvalue weighted by Crippen LogP contribution is -2.48. The van der Waals surface area contributed by atoms with Crippen molar-refractivity contribution < 1.29 is 27.1 Å². The largest absolute Gasteiger partial charge is 0.573 e. The number of halogens is 3. The van der Waals surface area contributed by atoms with Crippen molar-refractivity contribution in [2.45, 2.75) is 13.0 Å². The van der Waals surface area contributed by atoms with Crippen molar-refractivity contribution in [1.29, 1.82) is 0 Å². The normalized spacial score (nSPS) is 15.5. The van der Waals surface area contributed by atoms with E-state index in [2.05, 4.69) is 20.1 Å². The van der Waals surface area contributed by atoms with E-state index in [1.165, 1.54) is 23.5 Å². The number of carbonyl (C=O) groups excluding carboxylic acids is 1. The van der Waals surface area contributed by atoms with E-state index in [1.54, 1.807) is 4.68 Å². The molecule has 3 aromatic rings. The second kappa shape index (κ2) is 10.0. The van der Waals surface area contributed by atoms with E-state index in [0.29, 0.717) is 36.2 Å². The maximum Gasteiger partial charge on any atom is 0.573 e. The maximum atomic E-state index is 12.3. The number of amides is 1. The summed E-state index contributed by atoms with van der Waals surface area (Å²) in [6.07, 6.45) is -4.75. The van der Waals surface area contributed by atoms with Gasteiger partial charge >= 0.3 is 6.36 Å². The molecule has 0 saturated carbocycles. The van der Waals surface area contributed by atoms with Gasteiger partial charge in [-0.3, -0.25) is 14.6 Å². The minimum absolute atomic E-state index is 0.181. The third-order valence-corrected chi connectivity index (χ3v) is 6.03. The monoisotopic (exact) mass is 499 g/mol. The molecule has 4 rings (SSSR count). The quantitative estimate of drug-likeness (QED) is 0.492. The summed E-state index contributed by atoms with van der Waals surface area (Å²) in [7, 11) is 0. The van der Waals surface area contributed by atoms with Crippen molar-refractivity contribution in [2.75, 3.05) is 38.0 Å². The number of nitrogens with zero attached hydrogens (tertiary/aromatic N) is 4. The molecule has 1 amide bonds. The van der Waals surface area contributed by atoms with Crippen molar-refractivity contribution in [3.8, 4) is 16.5 Å². The molecular formula is C20H20F3N5O3S2. The van der Waals surface area contributed by atoms with Crippen LogP contribution in [0.1, 0.15) is 0 Å². The van der Waals surface area contributed by atoms with Gasteiger partial charge in [0.15, 0.2) is 0 Å². The number of piperazine rings is 1. The molecular weight excluding hydrogens is 479 g/mol. The third kappa shape index (κ3) is 6.63. The van der Waals surface area contributed by atoms with Crippen LogP contribution in [0.5, 0.6) is 5.75 Å². The molecule has 13 heteroatoms. The zero-order chi connectivity index (χ0) is 23.4. The van der Waals surface area contributed by atoms with Crippen LogP contribution in [0.2, 0.25) is 0 Å². The van der Waals surface area contributed by atoms with Crippen LogP contribution in [0, 0.1) is 4.84 Å². The Hall–Kier alpha value is -2.74. The average molecular weight is 500 g/mol. The van der Waals surface area contributed by atoms with Crippen LogP contribution in [-0.2, 0) is 11.5 Å². The lowest BCUT2D eigenvalue weighted by Gasteiger charge is -2.33. The van der Waals surface area contributed by atoms with Crippen LogP contribution in [-0.4, -0.2) is 64.6 Å². The topological polar surface area (TPSA) is 75.8 Å². The summed E-state index contributed by atoms with van der Waals surface area (Å²) >= 11 is 6.80. The van der Waals surface area contributed by atoms with Crippen molar-refractivity contribution in [2.24, 2.45) is 0 Å². The molecule has 176 valence electrons. The summed E-state index contributed by atoms with van der Waals surface area (Å²) in [6, 6.07) is 8.88. The minimum atomic E-state index is -4.75. The van der Waals surface area contributed by atoms with Crippen LogP contribution in [0.25, 0.3) is 10.8 Å². The molecule has 3 heterocycles. The molecule has 1 saturated heterocycles. The molecule has 1 aliphatic heterocycles. The Morgan fingerprint density at radius 3 is 2.48 bits per heavy atom. The standard InChI is InChI=1S/C20H20F3N5O3S2/c21-20(22,23)31-15-5-3-14(4-6-15)24-17(29)12-26-7-9-27(10-8-26)13-28-19(32)30-18(25-28)16-2-1-11-33-16/h1-6,11H,7-10,12-13H2,(H,24,29). The number of alkyl halides is 3. The summed E-state index contributed by atoms with van der Waals surface area (Å²) in [6.45, 7) is 3.48. The molecule has 0 aliphatic carbocycles. The van der Waals surface area contributed by atoms with Crippen LogP contribution < -0.4 is 10.1 Å². The van der Waals surface area contributed by atoms with Crippen LogP contribution >= 0.6 is 23.6 Å². The zero-order valence-electron chi connectivity index (χ0n) is 17.2. The van der Waals surface area contributed by atoms with Gasteiger partial charge in [-0.15, -0.1) is 29.6 Å². The molecule has 1 fully saturated rings. The first-order valence-electron chi connectivity index (χ1n) is 9.97. The second-order valence-corrected chi connectivity index (χ2v) is 8.60. The second-order valence-electron chi connectivity index (χ2n) is 7.31. The molecule has 1 aliphatic rings. The Balaban J connectivity index is 1.22. The highest BCUT2D eigenvalue weighted by Gasteiger charge is 2.31. The predicted molar refractivity (Wildman–Crippen MR) is 118 cm³/mol. The first-order valence-corrected chi connectivity index (χ1v) is 11.3. The van der Waals surface area contributed by atoms with Crippen LogP contribution in [0.4, 0.5) is 18.9 Å². The van der Waals surface area contributed by atoms with Crippen molar-refractivity contribution >= 4 is 35.1 Å². The average Bonchev–Trinajstić information content (AvgIpc) is 3.40. The van der Waals surface area contributed by atoms with Crippen molar-refractivity contribution in [1.82, 2.24) is 19.6 Å². The summed E-state index contributed by atoms with van der Waals surface area (Å²) in [5.41, 5.74) is 0.398. The molecule has 1 aromatic carbocycles. The van der Waals surface area contributed by atoms with E-state index >= 15 is 0 Å². The van der Waals surface area contributed by atoms with Crippen LogP contribution in [0.3, 0.4) is 0 Å². The number of nitrogens with one attached hydrogen (secondary N) is 1. The van der Waals surface area contributed by atoms with Gasteiger partial charge in [0.05, 0.1) is 18.1 Å². The van der Waals surface area contributed by atoms with E-state index in [-0.39, 0.29) is 18.2 Å². The number of carbonyl (C=O) groups is 1. The van der Waals surface area contributed by atoms with Gasteiger partial charge in [0, 0.05) is 31.9 Å². The molecule has 0 radical (unpaired) electrons.